The molecular formula is C17H34N2. The Morgan fingerprint density at radius 1 is 1.26 bits per heavy atom. The van der Waals surface area contributed by atoms with Gasteiger partial charge in [0.2, 0.25) is 0 Å². The van der Waals surface area contributed by atoms with E-state index in [-0.39, 0.29) is 0 Å². The van der Waals surface area contributed by atoms with Crippen molar-refractivity contribution in [3.05, 3.63) is 0 Å². The fourth-order valence-electron chi connectivity index (χ4n) is 3.81. The third-order valence-electron chi connectivity index (χ3n) is 5.68. The van der Waals surface area contributed by atoms with Gasteiger partial charge >= 0.3 is 0 Å². The van der Waals surface area contributed by atoms with Gasteiger partial charge in [-0.1, -0.05) is 27.2 Å². The molecule has 4 atom stereocenters. The molecule has 1 aliphatic heterocycles. The zero-order valence-corrected chi connectivity index (χ0v) is 13.7. The molecule has 2 heteroatoms. The van der Waals surface area contributed by atoms with Crippen molar-refractivity contribution in [2.75, 3.05) is 13.1 Å². The highest BCUT2D eigenvalue weighted by Crippen LogP contribution is 2.42. The number of piperazine rings is 1. The van der Waals surface area contributed by atoms with Crippen LogP contribution < -0.4 is 5.32 Å². The lowest BCUT2D eigenvalue weighted by molar-refractivity contribution is 0.0345. The number of hydrogen-bond acceptors (Lipinski definition) is 2. The first-order chi connectivity index (χ1) is 9.00. The van der Waals surface area contributed by atoms with Crippen LogP contribution in [-0.4, -0.2) is 35.6 Å². The summed E-state index contributed by atoms with van der Waals surface area (Å²) < 4.78 is 0. The van der Waals surface area contributed by atoms with E-state index >= 15 is 0 Å². The second kappa shape index (κ2) is 6.13. The van der Waals surface area contributed by atoms with Crippen LogP contribution in [0.15, 0.2) is 0 Å². The summed E-state index contributed by atoms with van der Waals surface area (Å²) >= 11 is 0. The minimum absolute atomic E-state index is 0.384. The van der Waals surface area contributed by atoms with E-state index in [9.17, 15) is 0 Å². The summed E-state index contributed by atoms with van der Waals surface area (Å²) in [5, 5.41) is 3.87. The molecule has 1 N–H and O–H groups in total. The molecule has 2 fully saturated rings. The average molecular weight is 266 g/mol. The van der Waals surface area contributed by atoms with Crippen molar-refractivity contribution in [2.24, 2.45) is 11.8 Å². The minimum atomic E-state index is 0.384. The van der Waals surface area contributed by atoms with E-state index in [1.165, 1.54) is 45.2 Å². The summed E-state index contributed by atoms with van der Waals surface area (Å²) in [5.41, 5.74) is 0.384. The Morgan fingerprint density at radius 3 is 2.47 bits per heavy atom. The van der Waals surface area contributed by atoms with Crippen molar-refractivity contribution in [2.45, 2.75) is 84.3 Å². The molecule has 2 aliphatic rings. The van der Waals surface area contributed by atoms with Crippen LogP contribution in [0.5, 0.6) is 0 Å². The van der Waals surface area contributed by atoms with Crippen LogP contribution in [0.2, 0.25) is 0 Å². The topological polar surface area (TPSA) is 15.3 Å². The van der Waals surface area contributed by atoms with Gasteiger partial charge in [-0.2, -0.15) is 0 Å². The predicted octanol–water partition coefficient (Wildman–Crippen LogP) is 3.66. The second-order valence-electron chi connectivity index (χ2n) is 7.41. The number of nitrogens with zero attached hydrogens (tertiary/aromatic N) is 1. The molecule has 0 aromatic carbocycles. The van der Waals surface area contributed by atoms with Gasteiger partial charge in [0.05, 0.1) is 0 Å². The molecule has 0 bridgehead atoms. The third kappa shape index (κ3) is 3.52. The van der Waals surface area contributed by atoms with Gasteiger partial charge in [-0.25, -0.2) is 0 Å². The molecule has 0 amide bonds. The Morgan fingerprint density at radius 2 is 1.95 bits per heavy atom. The van der Waals surface area contributed by atoms with Crippen LogP contribution in [0.1, 0.15) is 66.7 Å². The van der Waals surface area contributed by atoms with Crippen molar-refractivity contribution >= 4 is 0 Å². The molecule has 0 aromatic heterocycles. The van der Waals surface area contributed by atoms with E-state index in [0.29, 0.717) is 5.54 Å². The van der Waals surface area contributed by atoms with Crippen molar-refractivity contribution in [3.63, 3.8) is 0 Å². The molecule has 1 saturated carbocycles. The zero-order chi connectivity index (χ0) is 14.0. The Kier molecular flexibility index (Phi) is 4.94. The molecule has 2 nitrogen and oxygen atoms in total. The maximum Gasteiger partial charge on any atom is 0.0309 e. The fourth-order valence-corrected chi connectivity index (χ4v) is 3.81. The SMILES string of the molecule is CCC(C)CC(C)N1CC(C)(C2CC2)NCC1CC. The predicted molar refractivity (Wildman–Crippen MR) is 83.5 cm³/mol. The lowest BCUT2D eigenvalue weighted by Crippen LogP contribution is -2.65. The van der Waals surface area contributed by atoms with Crippen LogP contribution in [-0.2, 0) is 0 Å². The lowest BCUT2D eigenvalue weighted by Gasteiger charge is -2.49. The van der Waals surface area contributed by atoms with Crippen molar-refractivity contribution in [1.82, 2.24) is 10.2 Å². The first kappa shape index (κ1) is 15.3. The first-order valence-electron chi connectivity index (χ1n) is 8.51. The minimum Gasteiger partial charge on any atom is -0.308 e. The first-order valence-corrected chi connectivity index (χ1v) is 8.51. The van der Waals surface area contributed by atoms with E-state index in [1.54, 1.807) is 0 Å². The highest BCUT2D eigenvalue weighted by molar-refractivity contribution is 5.04. The molecule has 0 radical (unpaired) electrons. The molecule has 0 spiro atoms. The summed E-state index contributed by atoms with van der Waals surface area (Å²) in [6.07, 6.45) is 6.82. The Balaban J connectivity index is 2.00. The summed E-state index contributed by atoms with van der Waals surface area (Å²) in [7, 11) is 0. The van der Waals surface area contributed by atoms with Crippen LogP contribution in [0.4, 0.5) is 0 Å². The number of nitrogens with one attached hydrogen (secondary N) is 1. The molecule has 4 unspecified atom stereocenters. The van der Waals surface area contributed by atoms with Gasteiger partial charge in [-0.3, -0.25) is 4.90 Å². The summed E-state index contributed by atoms with van der Waals surface area (Å²) in [4.78, 5) is 2.82. The van der Waals surface area contributed by atoms with Gasteiger partial charge in [-0.05, 0) is 51.4 Å². The third-order valence-corrected chi connectivity index (χ3v) is 5.68. The standard InChI is InChI=1S/C17H34N2/c1-6-13(3)10-14(4)19-12-17(5,15-8-9-15)18-11-16(19)7-2/h13-16,18H,6-12H2,1-5H3. The summed E-state index contributed by atoms with van der Waals surface area (Å²) in [6.45, 7) is 14.4. The molecular weight excluding hydrogens is 232 g/mol. The zero-order valence-electron chi connectivity index (χ0n) is 13.7. The quantitative estimate of drug-likeness (QED) is 0.789. The smallest absolute Gasteiger partial charge is 0.0309 e. The highest BCUT2D eigenvalue weighted by atomic mass is 15.3. The van der Waals surface area contributed by atoms with Crippen LogP contribution in [0, 0.1) is 11.8 Å². The van der Waals surface area contributed by atoms with Gasteiger partial charge in [0.15, 0.2) is 0 Å². The van der Waals surface area contributed by atoms with Crippen molar-refractivity contribution in [3.8, 4) is 0 Å². The van der Waals surface area contributed by atoms with Crippen LogP contribution in [0.25, 0.3) is 0 Å². The maximum absolute atomic E-state index is 3.87. The molecule has 112 valence electrons. The largest absolute Gasteiger partial charge is 0.308 e. The second-order valence-corrected chi connectivity index (χ2v) is 7.41. The van der Waals surface area contributed by atoms with E-state index in [0.717, 1.165) is 23.9 Å². The molecule has 1 heterocycles. The van der Waals surface area contributed by atoms with Crippen LogP contribution >= 0.6 is 0 Å². The fraction of sp³-hybridized carbons (Fsp3) is 1.00. The Labute approximate surface area is 120 Å². The van der Waals surface area contributed by atoms with Gasteiger partial charge in [-0.15, -0.1) is 0 Å². The van der Waals surface area contributed by atoms with Gasteiger partial charge in [0.25, 0.3) is 0 Å². The number of rotatable bonds is 6. The lowest BCUT2D eigenvalue weighted by atomic mass is 9.88. The van der Waals surface area contributed by atoms with E-state index in [4.69, 9.17) is 0 Å². The maximum atomic E-state index is 3.87. The molecule has 1 saturated heterocycles. The normalized spacial score (nSPS) is 36.2. The van der Waals surface area contributed by atoms with Gasteiger partial charge < -0.3 is 5.32 Å². The van der Waals surface area contributed by atoms with Crippen molar-refractivity contribution < 1.29 is 0 Å². The number of hydrogen-bond donors (Lipinski definition) is 1. The molecule has 19 heavy (non-hydrogen) atoms. The van der Waals surface area contributed by atoms with Crippen molar-refractivity contribution in [1.29, 1.82) is 0 Å². The van der Waals surface area contributed by atoms with E-state index in [2.05, 4.69) is 44.8 Å². The highest BCUT2D eigenvalue weighted by Gasteiger charge is 2.46. The van der Waals surface area contributed by atoms with E-state index in [1.807, 2.05) is 0 Å². The van der Waals surface area contributed by atoms with E-state index < -0.39 is 0 Å². The Bertz CT molecular complexity index is 287. The van der Waals surface area contributed by atoms with Gasteiger partial charge in [0, 0.05) is 30.7 Å². The van der Waals surface area contributed by atoms with Gasteiger partial charge in [0.1, 0.15) is 0 Å². The molecule has 0 aromatic rings. The monoisotopic (exact) mass is 266 g/mol. The summed E-state index contributed by atoms with van der Waals surface area (Å²) in [6, 6.07) is 1.48. The molecule has 1 aliphatic carbocycles. The average Bonchev–Trinajstić information content (AvgIpc) is 3.23. The van der Waals surface area contributed by atoms with Crippen LogP contribution in [0.3, 0.4) is 0 Å². The summed E-state index contributed by atoms with van der Waals surface area (Å²) in [5.74, 6) is 1.79. The Hall–Kier alpha value is -0.0800. The molecule has 2 rings (SSSR count).